The molecule has 0 saturated carbocycles. The van der Waals surface area contributed by atoms with E-state index in [1.165, 1.54) is 23.5 Å². The number of nitrogens with two attached hydrogens (primary N) is 1. The largest absolute Gasteiger partial charge is 0.380 e. The third-order valence-electron chi connectivity index (χ3n) is 3.03. The van der Waals surface area contributed by atoms with Gasteiger partial charge in [-0.3, -0.25) is 0 Å². The third kappa shape index (κ3) is 2.41. The minimum atomic E-state index is -0.412. The number of nitrogen functional groups attached to an aromatic ring is 1. The first-order valence-corrected chi connectivity index (χ1v) is 7.31. The topological polar surface area (TPSA) is 64.9 Å². The van der Waals surface area contributed by atoms with E-state index in [0.717, 1.165) is 15.6 Å². The lowest BCUT2D eigenvalue weighted by atomic mass is 10.0. The van der Waals surface area contributed by atoms with E-state index >= 15 is 0 Å². The summed E-state index contributed by atoms with van der Waals surface area (Å²) in [7, 11) is 0. The Kier molecular flexibility index (Phi) is 3.43. The molecule has 0 unspecified atom stereocenters. The Labute approximate surface area is 129 Å². The number of benzene rings is 1. The van der Waals surface area contributed by atoms with E-state index in [4.69, 9.17) is 21.9 Å². The lowest BCUT2D eigenvalue weighted by molar-refractivity contribution is 0.436. The molecule has 0 bridgehead atoms. The number of nitrogens with zero attached hydrogens (tertiary/aromatic N) is 2. The van der Waals surface area contributed by atoms with Crippen molar-refractivity contribution < 1.29 is 8.91 Å². The summed E-state index contributed by atoms with van der Waals surface area (Å²) in [6, 6.07) is 4.12. The Balaban J connectivity index is 2.24. The van der Waals surface area contributed by atoms with Gasteiger partial charge < -0.3 is 10.3 Å². The van der Waals surface area contributed by atoms with E-state index in [1.807, 2.05) is 13.8 Å². The van der Waals surface area contributed by atoms with Crippen LogP contribution in [-0.2, 0) is 0 Å². The molecule has 3 rings (SSSR count). The molecule has 21 heavy (non-hydrogen) atoms. The van der Waals surface area contributed by atoms with Crippen LogP contribution < -0.4 is 5.73 Å². The van der Waals surface area contributed by atoms with Crippen LogP contribution in [0.5, 0.6) is 0 Å². The van der Waals surface area contributed by atoms with Crippen molar-refractivity contribution in [1.29, 1.82) is 0 Å². The molecule has 2 heterocycles. The molecule has 1 aromatic carbocycles. The number of aryl methyl sites for hydroxylation is 2. The van der Waals surface area contributed by atoms with E-state index in [1.54, 1.807) is 6.07 Å². The predicted molar refractivity (Wildman–Crippen MR) is 81.9 cm³/mol. The standard InChI is InChI=1S/C14H11ClFN3OS/c1-6-13(21-7(2)18-6)12-11(14(17)19-20-12)9-4-3-8(16)5-10(9)15/h3-5H,1-2H3,(H2,17,19). The summed E-state index contributed by atoms with van der Waals surface area (Å²) in [5, 5.41) is 4.98. The molecule has 0 aliphatic rings. The highest BCUT2D eigenvalue weighted by atomic mass is 35.5. The highest BCUT2D eigenvalue weighted by molar-refractivity contribution is 7.15. The van der Waals surface area contributed by atoms with Crippen LogP contribution in [0.4, 0.5) is 10.2 Å². The van der Waals surface area contributed by atoms with Gasteiger partial charge in [0.25, 0.3) is 0 Å². The van der Waals surface area contributed by atoms with Gasteiger partial charge in [0.1, 0.15) is 5.82 Å². The maximum Gasteiger partial charge on any atom is 0.188 e. The third-order valence-corrected chi connectivity index (χ3v) is 4.41. The second-order valence-electron chi connectivity index (χ2n) is 4.54. The number of thiazole rings is 1. The second kappa shape index (κ2) is 5.13. The molecule has 2 aromatic heterocycles. The molecular weight excluding hydrogens is 313 g/mol. The van der Waals surface area contributed by atoms with Gasteiger partial charge in [-0.05, 0) is 32.0 Å². The first-order valence-electron chi connectivity index (χ1n) is 6.12. The van der Waals surface area contributed by atoms with Gasteiger partial charge in [-0.15, -0.1) is 11.3 Å². The Bertz CT molecular complexity index is 828. The van der Waals surface area contributed by atoms with Gasteiger partial charge in [-0.2, -0.15) is 0 Å². The minimum Gasteiger partial charge on any atom is -0.380 e. The lowest BCUT2D eigenvalue weighted by Crippen LogP contribution is -1.90. The zero-order valence-corrected chi connectivity index (χ0v) is 12.8. The molecule has 0 saturated heterocycles. The Morgan fingerprint density at radius 2 is 2.10 bits per heavy atom. The van der Waals surface area contributed by atoms with Crippen molar-refractivity contribution >= 4 is 28.8 Å². The van der Waals surface area contributed by atoms with Crippen LogP contribution >= 0.6 is 22.9 Å². The highest BCUT2D eigenvalue weighted by Crippen LogP contribution is 2.42. The van der Waals surface area contributed by atoms with Gasteiger partial charge in [-0.25, -0.2) is 9.37 Å². The fraction of sp³-hybridized carbons (Fsp3) is 0.143. The first-order chi connectivity index (χ1) is 9.97. The van der Waals surface area contributed by atoms with Crippen molar-refractivity contribution in [2.75, 3.05) is 5.73 Å². The molecule has 7 heteroatoms. The number of rotatable bonds is 2. The second-order valence-corrected chi connectivity index (χ2v) is 6.15. The van der Waals surface area contributed by atoms with Gasteiger partial charge in [0, 0.05) is 5.56 Å². The number of hydrogen-bond acceptors (Lipinski definition) is 5. The molecule has 0 spiro atoms. The average Bonchev–Trinajstić information content (AvgIpc) is 2.93. The molecule has 0 radical (unpaired) electrons. The molecule has 3 aromatic rings. The summed E-state index contributed by atoms with van der Waals surface area (Å²) in [5.41, 5.74) is 7.87. The maximum atomic E-state index is 13.2. The van der Waals surface area contributed by atoms with Crippen LogP contribution in [0.15, 0.2) is 22.7 Å². The smallest absolute Gasteiger partial charge is 0.188 e. The molecule has 0 aliphatic heterocycles. The Morgan fingerprint density at radius 1 is 1.33 bits per heavy atom. The van der Waals surface area contributed by atoms with Crippen molar-refractivity contribution in [2.45, 2.75) is 13.8 Å². The number of anilines is 1. The SMILES string of the molecule is Cc1nc(C)c(-c2onc(N)c2-c2ccc(F)cc2Cl)s1. The van der Waals surface area contributed by atoms with Crippen LogP contribution in [0.3, 0.4) is 0 Å². The van der Waals surface area contributed by atoms with Gasteiger partial charge >= 0.3 is 0 Å². The molecule has 0 atom stereocenters. The molecule has 108 valence electrons. The van der Waals surface area contributed by atoms with E-state index in [0.29, 0.717) is 16.9 Å². The van der Waals surface area contributed by atoms with Crippen LogP contribution in [0, 0.1) is 19.7 Å². The average molecular weight is 324 g/mol. The minimum absolute atomic E-state index is 0.212. The highest BCUT2D eigenvalue weighted by Gasteiger charge is 2.23. The van der Waals surface area contributed by atoms with Crippen LogP contribution in [0.25, 0.3) is 21.8 Å². The van der Waals surface area contributed by atoms with Crippen molar-refractivity contribution in [3.8, 4) is 21.8 Å². The van der Waals surface area contributed by atoms with Crippen molar-refractivity contribution in [3.05, 3.63) is 39.7 Å². The predicted octanol–water partition coefficient (Wildman–Crippen LogP) is 4.46. The number of hydrogen-bond donors (Lipinski definition) is 1. The van der Waals surface area contributed by atoms with Crippen molar-refractivity contribution in [3.63, 3.8) is 0 Å². The summed E-state index contributed by atoms with van der Waals surface area (Å²) >= 11 is 7.60. The van der Waals surface area contributed by atoms with Gasteiger partial charge in [0.05, 0.1) is 26.2 Å². The van der Waals surface area contributed by atoms with Crippen LogP contribution in [0.2, 0.25) is 5.02 Å². The Morgan fingerprint density at radius 3 is 2.71 bits per heavy atom. The van der Waals surface area contributed by atoms with Crippen LogP contribution in [0.1, 0.15) is 10.7 Å². The Hall–Kier alpha value is -1.92. The molecular formula is C14H11ClFN3OS. The zero-order valence-electron chi connectivity index (χ0n) is 11.3. The van der Waals surface area contributed by atoms with Crippen molar-refractivity contribution in [2.24, 2.45) is 0 Å². The van der Waals surface area contributed by atoms with E-state index in [-0.39, 0.29) is 10.8 Å². The molecule has 0 fully saturated rings. The monoisotopic (exact) mass is 323 g/mol. The van der Waals surface area contributed by atoms with E-state index < -0.39 is 5.82 Å². The summed E-state index contributed by atoms with van der Waals surface area (Å²) < 4.78 is 18.6. The first kappa shape index (κ1) is 14.0. The van der Waals surface area contributed by atoms with Gasteiger partial charge in [-0.1, -0.05) is 16.8 Å². The zero-order chi connectivity index (χ0) is 15.1. The van der Waals surface area contributed by atoms with Gasteiger partial charge in [0.15, 0.2) is 11.6 Å². The summed E-state index contributed by atoms with van der Waals surface area (Å²) in [6.07, 6.45) is 0. The van der Waals surface area contributed by atoms with Gasteiger partial charge in [0.2, 0.25) is 0 Å². The number of halogens is 2. The maximum absolute atomic E-state index is 13.2. The molecule has 0 aliphatic carbocycles. The fourth-order valence-corrected chi connectivity index (χ4v) is 3.32. The van der Waals surface area contributed by atoms with E-state index in [2.05, 4.69) is 10.1 Å². The van der Waals surface area contributed by atoms with E-state index in [9.17, 15) is 4.39 Å². The van der Waals surface area contributed by atoms with Crippen molar-refractivity contribution in [1.82, 2.24) is 10.1 Å². The normalized spacial score (nSPS) is 11.0. The quantitative estimate of drug-likeness (QED) is 0.756. The number of aromatic nitrogens is 2. The molecule has 0 amide bonds. The molecule has 2 N–H and O–H groups in total. The summed E-state index contributed by atoms with van der Waals surface area (Å²) in [5.74, 6) is 0.304. The molecule has 4 nitrogen and oxygen atoms in total. The summed E-state index contributed by atoms with van der Waals surface area (Å²) in [4.78, 5) is 5.20. The fourth-order valence-electron chi connectivity index (χ4n) is 2.15. The lowest BCUT2D eigenvalue weighted by Gasteiger charge is -2.04. The van der Waals surface area contributed by atoms with Crippen LogP contribution in [-0.4, -0.2) is 10.1 Å². The summed E-state index contributed by atoms with van der Waals surface area (Å²) in [6.45, 7) is 3.79.